The second-order valence-electron chi connectivity index (χ2n) is 3.39. The topological polar surface area (TPSA) is 31.2 Å². The van der Waals surface area contributed by atoms with Crippen molar-refractivity contribution in [2.45, 2.75) is 26.3 Å². The normalized spacial score (nSPS) is 10.4. The van der Waals surface area contributed by atoms with Crippen LogP contribution in [0.15, 0.2) is 23.1 Å². The molecule has 0 saturated heterocycles. The molecule has 0 aliphatic rings. The van der Waals surface area contributed by atoms with E-state index in [4.69, 9.17) is 4.74 Å². The summed E-state index contributed by atoms with van der Waals surface area (Å²) in [6.45, 7) is 3.39. The summed E-state index contributed by atoms with van der Waals surface area (Å²) in [6.07, 6.45) is 3.82. The maximum atomic E-state index is 11.6. The molecule has 0 aliphatic carbocycles. The van der Waals surface area contributed by atoms with E-state index in [1.807, 2.05) is 25.3 Å². The van der Waals surface area contributed by atoms with Crippen LogP contribution in [0.3, 0.4) is 0 Å². The monoisotopic (exact) mass is 195 g/mol. The number of aryl methyl sites for hydroxylation is 2. The molecular weight excluding hydrogens is 178 g/mol. The molecule has 1 heterocycles. The van der Waals surface area contributed by atoms with Crippen LogP contribution in [0.25, 0.3) is 0 Å². The molecule has 0 spiro atoms. The van der Waals surface area contributed by atoms with E-state index in [0.717, 1.165) is 31.6 Å². The molecular formula is C11H17NO2. The van der Waals surface area contributed by atoms with Crippen molar-refractivity contribution in [1.82, 2.24) is 4.57 Å². The number of unbranched alkanes of at least 4 members (excludes halogenated alkanes) is 1. The molecule has 0 radical (unpaired) electrons. The maximum Gasteiger partial charge on any atom is 0.253 e. The van der Waals surface area contributed by atoms with Crippen LogP contribution in [0.4, 0.5) is 0 Å². The molecule has 1 aromatic rings. The molecule has 0 aliphatic heterocycles. The fourth-order valence-corrected chi connectivity index (χ4v) is 1.36. The number of methoxy groups -OCH3 is 1. The van der Waals surface area contributed by atoms with Gasteiger partial charge in [0.1, 0.15) is 0 Å². The fourth-order valence-electron chi connectivity index (χ4n) is 1.36. The van der Waals surface area contributed by atoms with Gasteiger partial charge >= 0.3 is 0 Å². The summed E-state index contributed by atoms with van der Waals surface area (Å²) in [4.78, 5) is 11.6. The predicted octanol–water partition coefficient (Wildman–Crippen LogP) is 1.58. The lowest BCUT2D eigenvalue weighted by Crippen LogP contribution is -2.21. The van der Waals surface area contributed by atoms with Gasteiger partial charge in [0, 0.05) is 32.0 Å². The van der Waals surface area contributed by atoms with Gasteiger partial charge in [-0.15, -0.1) is 0 Å². The highest BCUT2D eigenvalue weighted by Crippen LogP contribution is 1.95. The molecule has 0 amide bonds. The van der Waals surface area contributed by atoms with Crippen LogP contribution < -0.4 is 5.56 Å². The molecule has 0 atom stereocenters. The van der Waals surface area contributed by atoms with Crippen molar-refractivity contribution in [2.24, 2.45) is 0 Å². The Morgan fingerprint density at radius 2 is 2.21 bits per heavy atom. The summed E-state index contributed by atoms with van der Waals surface area (Å²) in [5, 5.41) is 0. The van der Waals surface area contributed by atoms with Crippen molar-refractivity contribution in [3.05, 3.63) is 34.2 Å². The number of ether oxygens (including phenoxy) is 1. The van der Waals surface area contributed by atoms with E-state index in [9.17, 15) is 4.79 Å². The van der Waals surface area contributed by atoms with Gasteiger partial charge in [-0.25, -0.2) is 0 Å². The second-order valence-corrected chi connectivity index (χ2v) is 3.39. The highest BCUT2D eigenvalue weighted by atomic mass is 16.5. The SMILES string of the molecule is COCCCCn1cccc(C)c1=O. The molecule has 0 bridgehead atoms. The van der Waals surface area contributed by atoms with Crippen molar-refractivity contribution in [2.75, 3.05) is 13.7 Å². The van der Waals surface area contributed by atoms with Crippen LogP contribution in [0.5, 0.6) is 0 Å². The summed E-state index contributed by atoms with van der Waals surface area (Å²) >= 11 is 0. The van der Waals surface area contributed by atoms with Crippen molar-refractivity contribution in [1.29, 1.82) is 0 Å². The molecule has 0 unspecified atom stereocenters. The molecule has 78 valence electrons. The smallest absolute Gasteiger partial charge is 0.253 e. The molecule has 3 heteroatoms. The first-order valence-corrected chi connectivity index (χ1v) is 4.90. The molecule has 14 heavy (non-hydrogen) atoms. The van der Waals surface area contributed by atoms with E-state index in [0.29, 0.717) is 0 Å². The average molecular weight is 195 g/mol. The standard InChI is InChI=1S/C11H17NO2/c1-10-6-5-8-12(11(10)13)7-3-4-9-14-2/h5-6,8H,3-4,7,9H2,1-2H3. The van der Waals surface area contributed by atoms with E-state index in [-0.39, 0.29) is 5.56 Å². The highest BCUT2D eigenvalue weighted by Gasteiger charge is 1.97. The minimum absolute atomic E-state index is 0.116. The molecule has 0 N–H and O–H groups in total. The zero-order chi connectivity index (χ0) is 10.4. The third-order valence-electron chi connectivity index (χ3n) is 2.21. The van der Waals surface area contributed by atoms with Gasteiger partial charge in [0.2, 0.25) is 0 Å². The van der Waals surface area contributed by atoms with Gasteiger partial charge < -0.3 is 9.30 Å². The molecule has 1 rings (SSSR count). The summed E-state index contributed by atoms with van der Waals surface area (Å²) in [7, 11) is 1.69. The van der Waals surface area contributed by atoms with Crippen LogP contribution in [0.2, 0.25) is 0 Å². The number of hydrogen-bond acceptors (Lipinski definition) is 2. The number of nitrogens with zero attached hydrogens (tertiary/aromatic N) is 1. The number of aromatic nitrogens is 1. The quantitative estimate of drug-likeness (QED) is 0.668. The van der Waals surface area contributed by atoms with Crippen molar-refractivity contribution in [3.63, 3.8) is 0 Å². The van der Waals surface area contributed by atoms with E-state index in [2.05, 4.69) is 0 Å². The number of hydrogen-bond donors (Lipinski definition) is 0. The lowest BCUT2D eigenvalue weighted by Gasteiger charge is -2.05. The zero-order valence-corrected chi connectivity index (χ0v) is 8.82. The van der Waals surface area contributed by atoms with Gasteiger partial charge in [-0.1, -0.05) is 6.07 Å². The lowest BCUT2D eigenvalue weighted by atomic mass is 10.3. The molecule has 3 nitrogen and oxygen atoms in total. The molecule has 0 fully saturated rings. The Hall–Kier alpha value is -1.09. The largest absolute Gasteiger partial charge is 0.385 e. The fraction of sp³-hybridized carbons (Fsp3) is 0.545. The number of rotatable bonds is 5. The van der Waals surface area contributed by atoms with Gasteiger partial charge in [-0.2, -0.15) is 0 Å². The Labute approximate surface area is 84.3 Å². The van der Waals surface area contributed by atoms with E-state index < -0.39 is 0 Å². The number of pyridine rings is 1. The van der Waals surface area contributed by atoms with Gasteiger partial charge in [-0.05, 0) is 25.8 Å². The van der Waals surface area contributed by atoms with Crippen LogP contribution in [0, 0.1) is 6.92 Å². The summed E-state index contributed by atoms with van der Waals surface area (Å²) in [5.41, 5.74) is 0.921. The Morgan fingerprint density at radius 1 is 1.43 bits per heavy atom. The first-order valence-electron chi connectivity index (χ1n) is 4.90. The lowest BCUT2D eigenvalue weighted by molar-refractivity contribution is 0.191. The Kier molecular flexibility index (Phi) is 4.40. The van der Waals surface area contributed by atoms with E-state index in [1.54, 1.807) is 11.7 Å². The van der Waals surface area contributed by atoms with Crippen LogP contribution in [-0.4, -0.2) is 18.3 Å². The van der Waals surface area contributed by atoms with Gasteiger partial charge in [0.05, 0.1) is 0 Å². The van der Waals surface area contributed by atoms with E-state index in [1.165, 1.54) is 0 Å². The Morgan fingerprint density at radius 3 is 2.93 bits per heavy atom. The Bertz CT molecular complexity index is 330. The predicted molar refractivity (Wildman–Crippen MR) is 56.5 cm³/mol. The first-order chi connectivity index (χ1) is 6.75. The Balaban J connectivity index is 2.51. The zero-order valence-electron chi connectivity index (χ0n) is 8.82. The first kappa shape index (κ1) is 11.0. The third-order valence-corrected chi connectivity index (χ3v) is 2.21. The van der Waals surface area contributed by atoms with Crippen molar-refractivity contribution >= 4 is 0 Å². The van der Waals surface area contributed by atoms with Crippen LogP contribution in [0.1, 0.15) is 18.4 Å². The van der Waals surface area contributed by atoms with Gasteiger partial charge in [0.15, 0.2) is 0 Å². The second kappa shape index (κ2) is 5.60. The van der Waals surface area contributed by atoms with Crippen LogP contribution >= 0.6 is 0 Å². The minimum Gasteiger partial charge on any atom is -0.385 e. The summed E-state index contributed by atoms with van der Waals surface area (Å²) < 4.78 is 6.70. The van der Waals surface area contributed by atoms with Crippen molar-refractivity contribution < 1.29 is 4.74 Å². The molecule has 0 aromatic carbocycles. The summed E-state index contributed by atoms with van der Waals surface area (Å²) in [5.74, 6) is 0. The maximum absolute atomic E-state index is 11.6. The molecule has 1 aromatic heterocycles. The highest BCUT2D eigenvalue weighted by molar-refractivity contribution is 5.07. The van der Waals surface area contributed by atoms with Gasteiger partial charge in [-0.3, -0.25) is 4.79 Å². The summed E-state index contributed by atoms with van der Waals surface area (Å²) in [6, 6.07) is 3.75. The van der Waals surface area contributed by atoms with Gasteiger partial charge in [0.25, 0.3) is 5.56 Å². The molecule has 0 saturated carbocycles. The van der Waals surface area contributed by atoms with E-state index >= 15 is 0 Å². The minimum atomic E-state index is 0.116. The average Bonchev–Trinajstić information content (AvgIpc) is 2.19. The third kappa shape index (κ3) is 3.00. The van der Waals surface area contributed by atoms with Crippen molar-refractivity contribution in [3.8, 4) is 0 Å². The van der Waals surface area contributed by atoms with Crippen LogP contribution in [-0.2, 0) is 11.3 Å².